The Labute approximate surface area is 215 Å². The van der Waals surface area contributed by atoms with Crippen LogP contribution in [0.25, 0.3) is 39.0 Å². The van der Waals surface area contributed by atoms with Crippen LogP contribution in [0.1, 0.15) is 5.56 Å². The predicted molar refractivity (Wildman–Crippen MR) is 147 cm³/mol. The fourth-order valence-electron chi connectivity index (χ4n) is 4.46. The molecular weight excluding hydrogens is 488 g/mol. The van der Waals surface area contributed by atoms with Gasteiger partial charge in [-0.2, -0.15) is 0 Å². The van der Waals surface area contributed by atoms with E-state index in [4.69, 9.17) is 4.98 Å². The van der Waals surface area contributed by atoms with Gasteiger partial charge in [0.05, 0.1) is 15.9 Å². The number of hydrogen-bond acceptors (Lipinski definition) is 4. The van der Waals surface area contributed by atoms with Crippen molar-refractivity contribution in [2.24, 2.45) is 0 Å². The molecule has 0 aliphatic rings. The molecule has 37 heavy (non-hydrogen) atoms. The van der Waals surface area contributed by atoms with Crippen molar-refractivity contribution in [1.82, 2.24) is 24.2 Å². The molecule has 5 rings (SSSR count). The summed E-state index contributed by atoms with van der Waals surface area (Å²) in [5.41, 5.74) is 5.72. The van der Waals surface area contributed by atoms with E-state index in [0.29, 0.717) is 22.5 Å². The highest BCUT2D eigenvalue weighted by Gasteiger charge is 2.21. The van der Waals surface area contributed by atoms with Crippen LogP contribution in [0, 0.1) is 6.92 Å². The van der Waals surface area contributed by atoms with Crippen LogP contribution in [0.15, 0.2) is 71.8 Å². The van der Waals surface area contributed by atoms with Gasteiger partial charge in [-0.1, -0.05) is 18.2 Å². The summed E-state index contributed by atoms with van der Waals surface area (Å²) in [4.78, 5) is 24.1. The van der Waals surface area contributed by atoms with Crippen molar-refractivity contribution in [2.45, 2.75) is 11.8 Å². The fourth-order valence-corrected chi connectivity index (χ4v) is 5.21. The first-order chi connectivity index (χ1) is 17.6. The first-order valence-corrected chi connectivity index (χ1v) is 13.2. The lowest BCUT2D eigenvalue weighted by Gasteiger charge is -2.22. The molecule has 2 N–H and O–H groups in total. The lowest BCUT2D eigenvalue weighted by atomic mass is 10.1. The maximum atomic E-state index is 12.6. The number of nitrogens with zero attached hydrogens (tertiary/aromatic N) is 4. The Kier molecular flexibility index (Phi) is 6.01. The molecule has 9 nitrogen and oxygen atoms in total. The van der Waals surface area contributed by atoms with Crippen LogP contribution in [-0.2, 0) is 10.0 Å². The largest absolute Gasteiger partial charge is 0.360 e. The molecule has 0 aliphatic carbocycles. The summed E-state index contributed by atoms with van der Waals surface area (Å²) >= 11 is 0. The molecule has 0 aliphatic heterocycles. The number of nitrogens with one attached hydrogen (secondary N) is 2. The van der Waals surface area contributed by atoms with Crippen LogP contribution in [0.2, 0.25) is 0 Å². The summed E-state index contributed by atoms with van der Waals surface area (Å²) in [5.74, 6) is 0.655. The topological polar surface area (TPSA) is 103 Å². The molecule has 0 saturated heterocycles. The van der Waals surface area contributed by atoms with Crippen LogP contribution in [-0.4, -0.2) is 62.1 Å². The summed E-state index contributed by atoms with van der Waals surface area (Å²) in [6.07, 6.45) is 1.92. The molecular formula is C27H28N6O3S. The molecule has 0 radical (unpaired) electrons. The number of H-pyrrole nitrogens is 1. The number of rotatable bonds is 5. The van der Waals surface area contributed by atoms with E-state index in [-0.39, 0.29) is 10.9 Å². The molecule has 0 bridgehead atoms. The molecule has 190 valence electrons. The fraction of sp³-hybridized carbons (Fsp3) is 0.185. The molecule has 2 heterocycles. The molecule has 2 amide bonds. The van der Waals surface area contributed by atoms with Gasteiger partial charge in [0.2, 0.25) is 10.0 Å². The van der Waals surface area contributed by atoms with E-state index in [2.05, 4.69) is 21.8 Å². The van der Waals surface area contributed by atoms with Crippen molar-refractivity contribution >= 4 is 43.7 Å². The second-order valence-electron chi connectivity index (χ2n) is 9.14. The Morgan fingerprint density at radius 2 is 1.81 bits per heavy atom. The van der Waals surface area contributed by atoms with E-state index < -0.39 is 10.0 Å². The highest BCUT2D eigenvalue weighted by Crippen LogP contribution is 2.35. The number of carbonyl (C=O) groups excluding carboxylic acids is 1. The van der Waals surface area contributed by atoms with Crippen molar-refractivity contribution in [1.29, 1.82) is 0 Å². The van der Waals surface area contributed by atoms with Crippen molar-refractivity contribution < 1.29 is 13.2 Å². The van der Waals surface area contributed by atoms with Gasteiger partial charge >= 0.3 is 6.03 Å². The number of aromatic amines is 1. The average molecular weight is 517 g/mol. The van der Waals surface area contributed by atoms with Gasteiger partial charge in [0.25, 0.3) is 0 Å². The molecule has 0 atom stereocenters. The van der Waals surface area contributed by atoms with Crippen molar-refractivity contribution in [2.75, 3.05) is 33.1 Å². The van der Waals surface area contributed by atoms with Gasteiger partial charge in [-0.3, -0.25) is 9.47 Å². The molecule has 0 fully saturated rings. The van der Waals surface area contributed by atoms with Crippen LogP contribution in [0.3, 0.4) is 0 Å². The maximum Gasteiger partial charge on any atom is 0.323 e. The minimum Gasteiger partial charge on any atom is -0.360 e. The Morgan fingerprint density at radius 1 is 1.03 bits per heavy atom. The van der Waals surface area contributed by atoms with Gasteiger partial charge < -0.3 is 9.88 Å². The molecule has 0 spiro atoms. The standard InChI is InChI=1S/C27H28N6O3S/c1-17-9-11-21-22(16-29-24(21)13-17)26-30-23-12-10-20(37(35,36)28-2)15-25(23)33(26)19-8-6-7-18(14-19)32(5)27(34)31(3)4/h6-16,28-29H,1-5H3. The summed E-state index contributed by atoms with van der Waals surface area (Å²) in [6.45, 7) is 2.04. The zero-order valence-corrected chi connectivity index (χ0v) is 22.1. The number of aromatic nitrogens is 3. The minimum absolute atomic E-state index is 0.140. The highest BCUT2D eigenvalue weighted by atomic mass is 32.2. The van der Waals surface area contributed by atoms with Gasteiger partial charge in [0.1, 0.15) is 5.82 Å². The van der Waals surface area contributed by atoms with Gasteiger partial charge in [0.15, 0.2) is 0 Å². The van der Waals surface area contributed by atoms with Gasteiger partial charge in [-0.15, -0.1) is 0 Å². The first kappa shape index (κ1) is 24.5. The smallest absolute Gasteiger partial charge is 0.323 e. The third-order valence-electron chi connectivity index (χ3n) is 6.43. The molecule has 10 heteroatoms. The number of aryl methyl sites for hydroxylation is 1. The SMILES string of the molecule is CNS(=O)(=O)c1ccc2nc(-c3c[nH]c4cc(C)ccc34)n(-c3cccc(N(C)C(=O)N(C)C)c3)c2c1. The molecule has 0 saturated carbocycles. The number of amides is 2. The van der Waals surface area contributed by atoms with Gasteiger partial charge in [0, 0.05) is 55.2 Å². The van der Waals surface area contributed by atoms with E-state index >= 15 is 0 Å². The first-order valence-electron chi connectivity index (χ1n) is 11.7. The number of urea groups is 1. The summed E-state index contributed by atoms with van der Waals surface area (Å²) in [7, 11) is 2.83. The van der Waals surface area contributed by atoms with Crippen molar-refractivity contribution in [3.05, 3.63) is 72.4 Å². The number of benzene rings is 3. The van der Waals surface area contributed by atoms with E-state index in [1.807, 2.05) is 48.0 Å². The Balaban J connectivity index is 1.80. The summed E-state index contributed by atoms with van der Waals surface area (Å²) in [6, 6.07) is 18.4. The maximum absolute atomic E-state index is 12.6. The lowest BCUT2D eigenvalue weighted by molar-refractivity contribution is 0.225. The number of carbonyl (C=O) groups is 1. The quantitative estimate of drug-likeness (QED) is 0.359. The number of fused-ring (bicyclic) bond motifs is 2. The Morgan fingerprint density at radius 3 is 2.54 bits per heavy atom. The normalized spacial score (nSPS) is 11.8. The highest BCUT2D eigenvalue weighted by molar-refractivity contribution is 7.89. The summed E-state index contributed by atoms with van der Waals surface area (Å²) in [5, 5.41) is 1.00. The van der Waals surface area contributed by atoms with Gasteiger partial charge in [-0.25, -0.2) is 22.9 Å². The summed E-state index contributed by atoms with van der Waals surface area (Å²) < 4.78 is 29.6. The zero-order valence-electron chi connectivity index (χ0n) is 21.3. The number of hydrogen-bond donors (Lipinski definition) is 2. The monoisotopic (exact) mass is 516 g/mol. The Bertz CT molecular complexity index is 1770. The van der Waals surface area contributed by atoms with Crippen LogP contribution >= 0.6 is 0 Å². The minimum atomic E-state index is -3.67. The number of anilines is 1. The second kappa shape index (κ2) is 9.06. The molecule has 5 aromatic rings. The number of imidazole rings is 1. The van der Waals surface area contributed by atoms with Crippen LogP contribution in [0.5, 0.6) is 0 Å². The van der Waals surface area contributed by atoms with E-state index in [1.165, 1.54) is 11.9 Å². The van der Waals surface area contributed by atoms with E-state index in [9.17, 15) is 13.2 Å². The zero-order chi connectivity index (χ0) is 26.5. The van der Waals surface area contributed by atoms with Gasteiger partial charge in [-0.05, 0) is 62.0 Å². The third kappa shape index (κ3) is 4.24. The molecule has 0 unspecified atom stereocenters. The number of sulfonamides is 1. The van der Waals surface area contributed by atoms with E-state index in [0.717, 1.165) is 27.7 Å². The average Bonchev–Trinajstić information content (AvgIpc) is 3.48. The molecule has 3 aromatic carbocycles. The van der Waals surface area contributed by atoms with Crippen LogP contribution < -0.4 is 9.62 Å². The molecule has 2 aromatic heterocycles. The second-order valence-corrected chi connectivity index (χ2v) is 11.0. The van der Waals surface area contributed by atoms with Crippen molar-refractivity contribution in [3.63, 3.8) is 0 Å². The van der Waals surface area contributed by atoms with E-state index in [1.54, 1.807) is 44.2 Å². The predicted octanol–water partition coefficient (Wildman–Crippen LogP) is 4.51. The van der Waals surface area contributed by atoms with Crippen molar-refractivity contribution in [3.8, 4) is 17.1 Å². The third-order valence-corrected chi connectivity index (χ3v) is 7.84. The Hall–Kier alpha value is -4.15. The van der Waals surface area contributed by atoms with Crippen LogP contribution in [0.4, 0.5) is 10.5 Å². The lowest BCUT2D eigenvalue weighted by Crippen LogP contribution is -2.36.